The number of rotatable bonds is 6. The van der Waals surface area contributed by atoms with Gasteiger partial charge < -0.3 is 21.1 Å². The number of ether oxygens (including phenoxy) is 1. The average Bonchev–Trinajstić information content (AvgIpc) is 2.52. The molecule has 0 saturated heterocycles. The van der Waals surface area contributed by atoms with E-state index in [0.29, 0.717) is 22.1 Å². The molecule has 8 nitrogen and oxygen atoms in total. The summed E-state index contributed by atoms with van der Waals surface area (Å²) in [5.41, 5.74) is 6.12. The number of esters is 1. The molecule has 0 radical (unpaired) electrons. The van der Waals surface area contributed by atoms with Crippen molar-refractivity contribution >= 4 is 103 Å². The number of anilines is 2. The predicted octanol–water partition coefficient (Wildman–Crippen LogP) is 2.84. The second-order valence-electron chi connectivity index (χ2n) is 5.13. The molecule has 1 aromatic carbocycles. The van der Waals surface area contributed by atoms with Gasteiger partial charge in [0.25, 0.3) is 5.91 Å². The molecule has 0 fully saturated rings. The van der Waals surface area contributed by atoms with Crippen molar-refractivity contribution in [3.8, 4) is 0 Å². The minimum atomic E-state index is -1.07. The van der Waals surface area contributed by atoms with Gasteiger partial charge in [-0.1, -0.05) is 6.92 Å². The highest BCUT2D eigenvalue weighted by Crippen LogP contribution is 2.39. The molecular weight excluding hydrogens is 683 g/mol. The van der Waals surface area contributed by atoms with Gasteiger partial charge >= 0.3 is 5.97 Å². The molecule has 1 unspecified atom stereocenters. The van der Waals surface area contributed by atoms with Gasteiger partial charge in [0, 0.05) is 13.8 Å². The zero-order valence-corrected chi connectivity index (χ0v) is 20.5. The van der Waals surface area contributed by atoms with Crippen molar-refractivity contribution < 1.29 is 23.9 Å². The third-order valence-corrected chi connectivity index (χ3v) is 6.30. The Hall–Kier alpha value is -0.710. The molecule has 0 aliphatic rings. The number of benzene rings is 1. The third kappa shape index (κ3) is 5.64. The van der Waals surface area contributed by atoms with E-state index in [2.05, 4.69) is 10.6 Å². The number of hydrogen-bond acceptors (Lipinski definition) is 5. The van der Waals surface area contributed by atoms with Gasteiger partial charge in [-0.25, -0.2) is 4.79 Å². The van der Waals surface area contributed by atoms with E-state index in [9.17, 15) is 19.2 Å². The number of carbonyl (C=O) groups is 4. The first-order valence-electron chi connectivity index (χ1n) is 7.27. The first-order valence-corrected chi connectivity index (χ1v) is 10.5. The molecule has 1 atom stereocenters. The van der Waals surface area contributed by atoms with E-state index in [1.807, 2.05) is 67.8 Å². The fraction of sp³-hybridized carbons (Fsp3) is 0.333. The van der Waals surface area contributed by atoms with Crippen molar-refractivity contribution in [2.45, 2.75) is 33.3 Å². The highest BCUT2D eigenvalue weighted by atomic mass is 127. The number of hydrogen-bond donors (Lipinski definition) is 3. The lowest BCUT2D eigenvalue weighted by molar-refractivity contribution is -0.126. The molecule has 0 aliphatic carbocycles. The summed E-state index contributed by atoms with van der Waals surface area (Å²) in [6, 6.07) is 0. The Bertz CT molecular complexity index is 739. The molecule has 142 valence electrons. The molecule has 0 spiro atoms. The van der Waals surface area contributed by atoms with Gasteiger partial charge in [0.1, 0.15) is 0 Å². The van der Waals surface area contributed by atoms with E-state index in [4.69, 9.17) is 10.5 Å². The van der Waals surface area contributed by atoms with Crippen LogP contribution in [-0.2, 0) is 19.1 Å². The minimum absolute atomic E-state index is 0.138. The van der Waals surface area contributed by atoms with Crippen LogP contribution >= 0.6 is 67.8 Å². The number of halogens is 3. The highest BCUT2D eigenvalue weighted by Gasteiger charge is 2.29. The monoisotopic (exact) mass is 699 g/mol. The van der Waals surface area contributed by atoms with Gasteiger partial charge in [-0.2, -0.15) is 0 Å². The summed E-state index contributed by atoms with van der Waals surface area (Å²) in [5, 5.41) is 5.32. The Morgan fingerprint density at radius 3 is 1.69 bits per heavy atom. The molecule has 0 bridgehead atoms. The summed E-state index contributed by atoms with van der Waals surface area (Å²) in [7, 11) is 0. The molecule has 11 heteroatoms. The van der Waals surface area contributed by atoms with Gasteiger partial charge in [0.2, 0.25) is 11.8 Å². The highest BCUT2D eigenvalue weighted by molar-refractivity contribution is 14.1. The molecule has 0 saturated carbocycles. The van der Waals surface area contributed by atoms with E-state index in [0.717, 1.165) is 0 Å². The van der Waals surface area contributed by atoms with Crippen LogP contribution in [0.5, 0.6) is 0 Å². The average molecular weight is 699 g/mol. The van der Waals surface area contributed by atoms with Crippen molar-refractivity contribution in [1.82, 2.24) is 0 Å². The van der Waals surface area contributed by atoms with Crippen LogP contribution < -0.4 is 16.4 Å². The molecule has 26 heavy (non-hydrogen) atoms. The Balaban J connectivity index is 3.58. The van der Waals surface area contributed by atoms with Crippen molar-refractivity contribution in [3.05, 3.63) is 16.3 Å². The van der Waals surface area contributed by atoms with Crippen LogP contribution in [0.1, 0.15) is 37.6 Å². The SMILES string of the molecule is CCC(OC(=O)c1c(I)c(NC(C)=O)c(I)c(NC(C)=O)c1I)C(N)=O. The molecule has 0 heterocycles. The van der Waals surface area contributed by atoms with Gasteiger partial charge in [0.15, 0.2) is 6.10 Å². The van der Waals surface area contributed by atoms with Gasteiger partial charge in [-0.15, -0.1) is 0 Å². The number of primary amides is 1. The van der Waals surface area contributed by atoms with Gasteiger partial charge in [-0.3, -0.25) is 14.4 Å². The van der Waals surface area contributed by atoms with E-state index in [1.54, 1.807) is 6.92 Å². The molecule has 1 rings (SSSR count). The number of nitrogens with two attached hydrogens (primary N) is 1. The van der Waals surface area contributed by atoms with Crippen molar-refractivity contribution in [3.63, 3.8) is 0 Å². The fourth-order valence-electron chi connectivity index (χ4n) is 1.95. The number of nitrogens with one attached hydrogen (secondary N) is 2. The van der Waals surface area contributed by atoms with Crippen LogP contribution in [0.2, 0.25) is 0 Å². The molecule has 0 aliphatic heterocycles. The van der Waals surface area contributed by atoms with Crippen LogP contribution in [0, 0.1) is 10.7 Å². The second kappa shape index (κ2) is 10.0. The number of carbonyl (C=O) groups excluding carboxylic acids is 4. The van der Waals surface area contributed by atoms with E-state index < -0.39 is 18.0 Å². The molecule has 1 aromatic rings. The maximum absolute atomic E-state index is 12.7. The minimum Gasteiger partial charge on any atom is -0.449 e. The van der Waals surface area contributed by atoms with Crippen molar-refractivity contribution in [2.24, 2.45) is 5.73 Å². The standard InChI is InChI=1S/C15H16I3N3O5/c1-4-7(14(19)24)26-15(25)8-9(16)12(20-5(2)22)11(18)13(10(8)17)21-6(3)23/h7H,4H2,1-3H3,(H2,19,24)(H,20,22)(H,21,23). The largest absolute Gasteiger partial charge is 0.449 e. The normalized spacial score (nSPS) is 11.5. The number of amides is 3. The van der Waals surface area contributed by atoms with Gasteiger partial charge in [-0.05, 0) is 74.2 Å². The second-order valence-corrected chi connectivity index (χ2v) is 8.37. The van der Waals surface area contributed by atoms with Crippen LogP contribution in [-0.4, -0.2) is 29.8 Å². The summed E-state index contributed by atoms with van der Waals surface area (Å²) < 4.78 is 6.66. The molecule has 0 aromatic heterocycles. The third-order valence-electron chi connectivity index (χ3n) is 3.06. The smallest absolute Gasteiger partial charge is 0.341 e. The maximum atomic E-state index is 12.7. The maximum Gasteiger partial charge on any atom is 0.341 e. The molecular formula is C15H16I3N3O5. The summed E-state index contributed by atoms with van der Waals surface area (Å²) >= 11 is 5.80. The van der Waals surface area contributed by atoms with Crippen LogP contribution in [0.3, 0.4) is 0 Å². The predicted molar refractivity (Wildman–Crippen MR) is 122 cm³/mol. The van der Waals surface area contributed by atoms with Crippen LogP contribution in [0.25, 0.3) is 0 Å². The summed E-state index contributed by atoms with van der Waals surface area (Å²) in [6.45, 7) is 4.33. The van der Waals surface area contributed by atoms with Gasteiger partial charge in [0.05, 0.1) is 27.6 Å². The zero-order chi connectivity index (χ0) is 20.2. The Labute approximate surface area is 191 Å². The first-order chi connectivity index (χ1) is 12.0. The fourth-order valence-corrected chi connectivity index (χ4v) is 6.09. The van der Waals surface area contributed by atoms with E-state index in [-0.39, 0.29) is 23.8 Å². The lowest BCUT2D eigenvalue weighted by Crippen LogP contribution is -2.33. The quantitative estimate of drug-likeness (QED) is 0.311. The van der Waals surface area contributed by atoms with Crippen LogP contribution in [0.15, 0.2) is 0 Å². The lowest BCUT2D eigenvalue weighted by atomic mass is 10.1. The Kier molecular flexibility index (Phi) is 8.98. The molecule has 4 N–H and O–H groups in total. The summed E-state index contributed by atoms with van der Waals surface area (Å²) in [6.07, 6.45) is -0.836. The Morgan fingerprint density at radius 1 is 0.962 bits per heavy atom. The first kappa shape index (κ1) is 23.3. The van der Waals surface area contributed by atoms with Crippen LogP contribution in [0.4, 0.5) is 11.4 Å². The zero-order valence-electron chi connectivity index (χ0n) is 14.0. The topological polar surface area (TPSA) is 128 Å². The van der Waals surface area contributed by atoms with Crippen molar-refractivity contribution in [2.75, 3.05) is 10.6 Å². The lowest BCUT2D eigenvalue weighted by Gasteiger charge is -2.20. The molecule has 3 amide bonds. The van der Waals surface area contributed by atoms with Crippen molar-refractivity contribution in [1.29, 1.82) is 0 Å². The summed E-state index contributed by atoms with van der Waals surface area (Å²) in [5.74, 6) is -2.18. The van der Waals surface area contributed by atoms with E-state index in [1.165, 1.54) is 13.8 Å². The Morgan fingerprint density at radius 2 is 1.38 bits per heavy atom. The summed E-state index contributed by atoms with van der Waals surface area (Å²) in [4.78, 5) is 47.1. The van der Waals surface area contributed by atoms with E-state index >= 15 is 0 Å².